The molecule has 1 atom stereocenters. The van der Waals surface area contributed by atoms with Crippen molar-refractivity contribution in [2.24, 2.45) is 0 Å². The molecule has 160 valence electrons. The number of piperidine rings is 1. The molecule has 1 aromatic carbocycles. The molecule has 1 aromatic rings. The lowest BCUT2D eigenvalue weighted by Crippen LogP contribution is -2.43. The molecule has 0 spiro atoms. The van der Waals surface area contributed by atoms with E-state index >= 15 is 0 Å². The average Bonchev–Trinajstić information content (AvgIpc) is 2.79. The zero-order valence-electron chi connectivity index (χ0n) is 18.0. The minimum absolute atomic E-state index is 0.0112. The van der Waals surface area contributed by atoms with Crippen LogP contribution in [0.3, 0.4) is 0 Å². The summed E-state index contributed by atoms with van der Waals surface area (Å²) < 4.78 is 0. The van der Waals surface area contributed by atoms with Gasteiger partial charge in [-0.05, 0) is 50.4 Å². The summed E-state index contributed by atoms with van der Waals surface area (Å²) in [6.45, 7) is 3.06. The molecule has 0 radical (unpaired) electrons. The van der Waals surface area contributed by atoms with Crippen LogP contribution in [0.15, 0.2) is 24.3 Å². The van der Waals surface area contributed by atoms with E-state index in [0.717, 1.165) is 31.5 Å². The molecule has 6 heteroatoms. The summed E-state index contributed by atoms with van der Waals surface area (Å²) in [7, 11) is 3.84. The third kappa shape index (κ3) is 5.95. The summed E-state index contributed by atoms with van der Waals surface area (Å²) >= 11 is 0. The maximum atomic E-state index is 12.7. The smallest absolute Gasteiger partial charge is 0.317 e. The molecule has 2 aliphatic rings. The maximum Gasteiger partial charge on any atom is 0.317 e. The fourth-order valence-electron chi connectivity index (χ4n) is 4.68. The van der Waals surface area contributed by atoms with E-state index < -0.39 is 0 Å². The van der Waals surface area contributed by atoms with Crippen LogP contribution < -0.4 is 10.6 Å². The van der Waals surface area contributed by atoms with Gasteiger partial charge in [-0.1, -0.05) is 31.4 Å². The van der Waals surface area contributed by atoms with Crippen LogP contribution in [-0.2, 0) is 0 Å². The van der Waals surface area contributed by atoms with Gasteiger partial charge in [-0.15, -0.1) is 0 Å². The Morgan fingerprint density at radius 3 is 2.69 bits per heavy atom. The van der Waals surface area contributed by atoms with E-state index in [1.54, 1.807) is 7.05 Å². The second-order valence-corrected chi connectivity index (χ2v) is 8.49. The molecule has 1 heterocycles. The van der Waals surface area contributed by atoms with E-state index in [4.69, 9.17) is 0 Å². The first-order valence-electron chi connectivity index (χ1n) is 11.1. The van der Waals surface area contributed by atoms with E-state index in [2.05, 4.69) is 28.6 Å². The number of likely N-dealkylation sites (tertiary alicyclic amines) is 1. The Kier molecular flexibility index (Phi) is 7.92. The van der Waals surface area contributed by atoms with Crippen LogP contribution in [0.5, 0.6) is 0 Å². The Morgan fingerprint density at radius 2 is 1.93 bits per heavy atom. The quantitative estimate of drug-likeness (QED) is 0.771. The van der Waals surface area contributed by atoms with Crippen molar-refractivity contribution >= 4 is 11.9 Å². The van der Waals surface area contributed by atoms with Crippen molar-refractivity contribution in [3.8, 4) is 0 Å². The lowest BCUT2D eigenvalue weighted by Gasteiger charge is -2.32. The van der Waals surface area contributed by atoms with Gasteiger partial charge in [0.1, 0.15) is 0 Å². The Bertz CT molecular complexity index is 687. The number of nitrogens with one attached hydrogen (secondary N) is 2. The molecule has 1 aliphatic carbocycles. The molecule has 1 saturated carbocycles. The van der Waals surface area contributed by atoms with Gasteiger partial charge in [-0.2, -0.15) is 0 Å². The minimum atomic E-state index is -0.0225. The number of hydrogen-bond acceptors (Lipinski definition) is 3. The fourth-order valence-corrected chi connectivity index (χ4v) is 4.68. The largest absolute Gasteiger partial charge is 0.351 e. The molecule has 2 fully saturated rings. The van der Waals surface area contributed by atoms with Crippen LogP contribution in [-0.4, -0.2) is 68.1 Å². The van der Waals surface area contributed by atoms with Gasteiger partial charge in [0, 0.05) is 50.7 Å². The van der Waals surface area contributed by atoms with Crippen LogP contribution in [0.2, 0.25) is 0 Å². The van der Waals surface area contributed by atoms with E-state index in [9.17, 15) is 9.59 Å². The van der Waals surface area contributed by atoms with E-state index in [-0.39, 0.29) is 17.9 Å². The van der Waals surface area contributed by atoms with Crippen molar-refractivity contribution in [2.75, 3.05) is 40.3 Å². The predicted molar refractivity (Wildman–Crippen MR) is 116 cm³/mol. The molecule has 3 amide bonds. The fraction of sp³-hybridized carbons (Fsp3) is 0.652. The number of benzene rings is 1. The monoisotopic (exact) mass is 400 g/mol. The third-order valence-corrected chi connectivity index (χ3v) is 6.49. The van der Waals surface area contributed by atoms with Crippen molar-refractivity contribution in [3.05, 3.63) is 35.4 Å². The van der Waals surface area contributed by atoms with Crippen LogP contribution in [0.4, 0.5) is 4.79 Å². The van der Waals surface area contributed by atoms with Crippen molar-refractivity contribution < 1.29 is 9.59 Å². The van der Waals surface area contributed by atoms with Crippen molar-refractivity contribution in [3.63, 3.8) is 0 Å². The Balaban J connectivity index is 1.51. The summed E-state index contributed by atoms with van der Waals surface area (Å²) in [5.41, 5.74) is 1.85. The molecule has 29 heavy (non-hydrogen) atoms. The number of likely N-dealkylation sites (N-methyl/N-ethyl adjacent to an activating group) is 1. The SMILES string of the molecule is CNC(=O)N1CCCC(c2cccc(C(=O)NCCN(C)C3CCCCC3)c2)C1. The highest BCUT2D eigenvalue weighted by Crippen LogP contribution is 2.27. The normalized spacial score (nSPS) is 20.5. The van der Waals surface area contributed by atoms with Gasteiger partial charge in [0.05, 0.1) is 0 Å². The van der Waals surface area contributed by atoms with Gasteiger partial charge in [0.25, 0.3) is 5.91 Å². The number of urea groups is 1. The highest BCUT2D eigenvalue weighted by molar-refractivity contribution is 5.94. The van der Waals surface area contributed by atoms with Crippen molar-refractivity contribution in [1.82, 2.24) is 20.4 Å². The summed E-state index contributed by atoms with van der Waals surface area (Å²) in [6.07, 6.45) is 8.60. The van der Waals surface area contributed by atoms with Crippen molar-refractivity contribution in [1.29, 1.82) is 0 Å². The number of amides is 3. The molecular weight excluding hydrogens is 364 g/mol. The van der Waals surface area contributed by atoms with Crippen LogP contribution in [0, 0.1) is 0 Å². The number of carbonyl (C=O) groups excluding carboxylic acids is 2. The van der Waals surface area contributed by atoms with E-state index in [1.165, 1.54) is 32.1 Å². The van der Waals surface area contributed by atoms with Gasteiger partial charge in [-0.25, -0.2) is 4.79 Å². The lowest BCUT2D eigenvalue weighted by atomic mass is 9.89. The Hall–Kier alpha value is -2.08. The van der Waals surface area contributed by atoms with E-state index in [0.29, 0.717) is 24.7 Å². The number of nitrogens with zero attached hydrogens (tertiary/aromatic N) is 2. The second kappa shape index (κ2) is 10.6. The molecule has 3 rings (SSSR count). The first-order valence-corrected chi connectivity index (χ1v) is 11.1. The van der Waals surface area contributed by atoms with E-state index in [1.807, 2.05) is 23.1 Å². The third-order valence-electron chi connectivity index (χ3n) is 6.49. The lowest BCUT2D eigenvalue weighted by molar-refractivity contribution is 0.0944. The Labute approximate surface area is 175 Å². The Morgan fingerprint density at radius 1 is 1.14 bits per heavy atom. The second-order valence-electron chi connectivity index (χ2n) is 8.49. The summed E-state index contributed by atoms with van der Waals surface area (Å²) in [4.78, 5) is 28.9. The molecule has 1 unspecified atom stereocenters. The molecular formula is C23H36N4O2. The molecule has 2 N–H and O–H groups in total. The first kappa shape index (κ1) is 21.6. The molecule has 1 aliphatic heterocycles. The minimum Gasteiger partial charge on any atom is -0.351 e. The molecule has 6 nitrogen and oxygen atoms in total. The highest BCUT2D eigenvalue weighted by atomic mass is 16.2. The summed E-state index contributed by atoms with van der Waals surface area (Å²) in [5, 5.41) is 5.79. The van der Waals surface area contributed by atoms with Gasteiger partial charge in [-0.3, -0.25) is 4.79 Å². The van der Waals surface area contributed by atoms with Crippen LogP contribution in [0.25, 0.3) is 0 Å². The number of hydrogen-bond donors (Lipinski definition) is 2. The zero-order valence-corrected chi connectivity index (χ0v) is 18.0. The number of rotatable bonds is 6. The highest BCUT2D eigenvalue weighted by Gasteiger charge is 2.24. The molecule has 0 bridgehead atoms. The summed E-state index contributed by atoms with van der Waals surface area (Å²) in [6, 6.07) is 8.55. The molecule has 1 saturated heterocycles. The van der Waals surface area contributed by atoms with Gasteiger partial charge >= 0.3 is 6.03 Å². The van der Waals surface area contributed by atoms with Gasteiger partial charge in [0.2, 0.25) is 0 Å². The maximum absolute atomic E-state index is 12.7. The average molecular weight is 401 g/mol. The predicted octanol–water partition coefficient (Wildman–Crippen LogP) is 3.20. The van der Waals surface area contributed by atoms with Crippen LogP contribution >= 0.6 is 0 Å². The topological polar surface area (TPSA) is 64.7 Å². The number of carbonyl (C=O) groups is 2. The van der Waals surface area contributed by atoms with Crippen molar-refractivity contribution in [2.45, 2.75) is 56.9 Å². The first-order chi connectivity index (χ1) is 14.1. The molecule has 0 aromatic heterocycles. The zero-order chi connectivity index (χ0) is 20.6. The van der Waals surface area contributed by atoms with Crippen LogP contribution in [0.1, 0.15) is 66.8 Å². The van der Waals surface area contributed by atoms with Gasteiger partial charge < -0.3 is 20.4 Å². The summed E-state index contributed by atoms with van der Waals surface area (Å²) in [5.74, 6) is 0.272. The standard InChI is InChI=1S/C23H36N4O2/c1-24-23(29)27-14-7-10-20(17-27)18-8-6-9-19(16-18)22(28)25-13-15-26(2)21-11-4-3-5-12-21/h6,8-9,16,20-21H,3-5,7,10-15,17H2,1-2H3,(H,24,29)(H,25,28). The van der Waals surface area contributed by atoms with Gasteiger partial charge in [0.15, 0.2) is 0 Å².